The van der Waals surface area contributed by atoms with Crippen LogP contribution in [0.5, 0.6) is 0 Å². The van der Waals surface area contributed by atoms with Crippen molar-refractivity contribution in [3.63, 3.8) is 0 Å². The Kier molecular flexibility index (Phi) is 9.48. The molecule has 0 saturated carbocycles. The van der Waals surface area contributed by atoms with Gasteiger partial charge in [-0.05, 0) is 91.8 Å². The number of fused-ring (bicyclic) bond motifs is 6. The van der Waals surface area contributed by atoms with Gasteiger partial charge in [0.2, 0.25) is 5.91 Å². The van der Waals surface area contributed by atoms with Crippen molar-refractivity contribution in [1.82, 2.24) is 9.55 Å². The zero-order chi connectivity index (χ0) is 33.1. The van der Waals surface area contributed by atoms with Crippen molar-refractivity contribution in [1.29, 1.82) is 0 Å². The number of H-pyrrole nitrogens is 1. The number of amides is 1. The lowest BCUT2D eigenvalue weighted by Gasteiger charge is -2.24. The molecule has 2 heterocycles. The van der Waals surface area contributed by atoms with E-state index in [9.17, 15) is 19.5 Å². The Morgan fingerprint density at radius 1 is 0.872 bits per heavy atom. The Morgan fingerprint density at radius 2 is 1.60 bits per heavy atom. The number of rotatable bonds is 9. The third kappa shape index (κ3) is 6.55. The number of aromatic nitrogens is 2. The average molecular weight is 634 g/mol. The topological polar surface area (TPSA) is 138 Å². The first kappa shape index (κ1) is 32.1. The summed E-state index contributed by atoms with van der Waals surface area (Å²) in [4.78, 5) is 38.1. The third-order valence-electron chi connectivity index (χ3n) is 9.95. The molecule has 1 unspecified atom stereocenters. The molecule has 5 aromatic rings. The number of unbranched alkanes of at least 4 members (excludes halogenated alkanes) is 2. The molecular formula is C39H43N3O5. The predicted molar refractivity (Wildman–Crippen MR) is 185 cm³/mol. The molecule has 244 valence electrons. The number of hydrogen-bond acceptors (Lipinski definition) is 3. The van der Waals surface area contributed by atoms with Crippen molar-refractivity contribution in [3.05, 3.63) is 105 Å². The van der Waals surface area contributed by atoms with Gasteiger partial charge in [0.25, 0.3) is 0 Å². The second kappa shape index (κ2) is 13.9. The summed E-state index contributed by atoms with van der Waals surface area (Å²) in [5.74, 6) is -1.57. The van der Waals surface area contributed by atoms with Gasteiger partial charge in [-0.2, -0.15) is 0 Å². The number of primary amides is 1. The molecule has 8 nitrogen and oxygen atoms in total. The van der Waals surface area contributed by atoms with Crippen molar-refractivity contribution in [2.45, 2.75) is 84.1 Å². The number of nitrogens with one attached hydrogen (secondary N) is 1. The standard InChI is InChI=1S/C26H30N2O3.C13H13NO2/c1-2-3-4-7-17-12-13-23-22(15-17)20-10-6-11-21(26(30)31)24(20)28(23)16-18-8-5-9-19(14-18)25(27)29;15-13(16)10-6-3-5-9-8-4-1-2-7-11(8)14-12(9)10/h5-6,8-11,14,17H,2-4,7,12-13,15-16H2,1H3,(H2,27,29)(H,30,31);3,5-6,14H,1-2,4,7H2,(H,15,16). The zero-order valence-electron chi connectivity index (χ0n) is 27.0. The molecule has 7 rings (SSSR count). The van der Waals surface area contributed by atoms with Gasteiger partial charge in [-0.15, -0.1) is 0 Å². The second-order valence-corrected chi connectivity index (χ2v) is 13.0. The monoisotopic (exact) mass is 633 g/mol. The van der Waals surface area contributed by atoms with E-state index in [4.69, 9.17) is 10.8 Å². The first-order valence-electron chi connectivity index (χ1n) is 16.9. The summed E-state index contributed by atoms with van der Waals surface area (Å²) in [6.07, 6.45) is 12.6. The summed E-state index contributed by atoms with van der Waals surface area (Å²) >= 11 is 0. The van der Waals surface area contributed by atoms with Crippen molar-refractivity contribution in [3.8, 4) is 0 Å². The quantitative estimate of drug-likeness (QED) is 0.122. The lowest BCUT2D eigenvalue weighted by molar-refractivity contribution is 0.0687. The Balaban J connectivity index is 0.000000201. The van der Waals surface area contributed by atoms with Crippen LogP contribution in [-0.4, -0.2) is 37.6 Å². The van der Waals surface area contributed by atoms with Gasteiger partial charge in [-0.25, -0.2) is 9.59 Å². The number of carbonyl (C=O) groups is 3. The zero-order valence-corrected chi connectivity index (χ0v) is 27.0. The Bertz CT molecular complexity index is 1970. The van der Waals surface area contributed by atoms with Crippen molar-refractivity contribution in [2.24, 2.45) is 11.7 Å². The molecule has 0 saturated heterocycles. The largest absolute Gasteiger partial charge is 0.478 e. The Hall–Kier alpha value is -4.85. The summed E-state index contributed by atoms with van der Waals surface area (Å²) in [7, 11) is 0. The number of hydrogen-bond donors (Lipinski definition) is 4. The van der Waals surface area contributed by atoms with Crippen LogP contribution >= 0.6 is 0 Å². The normalized spacial score (nSPS) is 15.5. The number of para-hydroxylation sites is 2. The van der Waals surface area contributed by atoms with Gasteiger partial charge >= 0.3 is 11.9 Å². The van der Waals surface area contributed by atoms with Crippen LogP contribution in [0.4, 0.5) is 0 Å². The van der Waals surface area contributed by atoms with E-state index < -0.39 is 17.8 Å². The molecule has 3 aromatic carbocycles. The van der Waals surface area contributed by atoms with Crippen molar-refractivity contribution >= 4 is 39.7 Å². The minimum atomic E-state index is -0.910. The number of aromatic carboxylic acids is 2. The fourth-order valence-electron chi connectivity index (χ4n) is 7.67. The Labute approximate surface area is 274 Å². The summed E-state index contributed by atoms with van der Waals surface area (Å²) in [6.45, 7) is 2.75. The molecule has 5 N–H and O–H groups in total. The van der Waals surface area contributed by atoms with Crippen LogP contribution in [0.15, 0.2) is 60.7 Å². The van der Waals surface area contributed by atoms with Crippen LogP contribution in [0.2, 0.25) is 0 Å². The fourth-order valence-corrected chi connectivity index (χ4v) is 7.67. The van der Waals surface area contributed by atoms with Crippen molar-refractivity contribution in [2.75, 3.05) is 0 Å². The molecule has 0 fully saturated rings. The molecule has 0 spiro atoms. The number of nitrogens with two attached hydrogens (primary N) is 1. The van der Waals surface area contributed by atoms with E-state index in [0.29, 0.717) is 29.2 Å². The lowest BCUT2D eigenvalue weighted by Crippen LogP contribution is -2.17. The number of benzene rings is 3. The maximum Gasteiger partial charge on any atom is 0.337 e. The summed E-state index contributed by atoms with van der Waals surface area (Å²) in [5.41, 5.74) is 14.3. The van der Waals surface area contributed by atoms with E-state index in [2.05, 4.69) is 22.5 Å². The highest BCUT2D eigenvalue weighted by atomic mass is 16.4. The number of carbonyl (C=O) groups excluding carboxylic acids is 1. The maximum absolute atomic E-state index is 12.0. The van der Waals surface area contributed by atoms with E-state index >= 15 is 0 Å². The molecule has 47 heavy (non-hydrogen) atoms. The lowest BCUT2D eigenvalue weighted by atomic mass is 9.83. The number of nitrogens with zero attached hydrogens (tertiary/aromatic N) is 1. The van der Waals surface area contributed by atoms with Crippen LogP contribution in [0.25, 0.3) is 21.8 Å². The van der Waals surface area contributed by atoms with E-state index in [-0.39, 0.29) is 0 Å². The smallest absolute Gasteiger partial charge is 0.337 e. The molecule has 2 aromatic heterocycles. The molecule has 2 aliphatic carbocycles. The van der Waals surface area contributed by atoms with Crippen LogP contribution in [0.3, 0.4) is 0 Å². The number of carboxylic acids is 2. The second-order valence-electron chi connectivity index (χ2n) is 13.0. The molecule has 0 aliphatic heterocycles. The number of carboxylic acid groups (broad SMARTS) is 2. The van der Waals surface area contributed by atoms with E-state index in [0.717, 1.165) is 59.5 Å². The summed E-state index contributed by atoms with van der Waals surface area (Å²) in [5, 5.41) is 21.1. The van der Waals surface area contributed by atoms with Gasteiger partial charge < -0.3 is 25.5 Å². The maximum atomic E-state index is 12.0. The number of aromatic amines is 1. The minimum Gasteiger partial charge on any atom is -0.478 e. The highest BCUT2D eigenvalue weighted by Gasteiger charge is 2.27. The summed E-state index contributed by atoms with van der Waals surface area (Å²) in [6, 6.07) is 18.4. The molecule has 1 atom stereocenters. The van der Waals surface area contributed by atoms with E-state index in [1.165, 1.54) is 61.0 Å². The molecule has 1 amide bonds. The van der Waals surface area contributed by atoms with Gasteiger partial charge in [-0.3, -0.25) is 4.79 Å². The molecule has 0 radical (unpaired) electrons. The van der Waals surface area contributed by atoms with Crippen LogP contribution < -0.4 is 5.73 Å². The molecule has 8 heteroatoms. The van der Waals surface area contributed by atoms with Gasteiger partial charge in [0.1, 0.15) is 0 Å². The van der Waals surface area contributed by atoms with E-state index in [1.54, 1.807) is 24.3 Å². The van der Waals surface area contributed by atoms with Crippen LogP contribution in [0.1, 0.15) is 111 Å². The molecule has 2 aliphatic rings. The van der Waals surface area contributed by atoms with Gasteiger partial charge in [0.05, 0.1) is 22.2 Å². The number of aryl methyl sites for hydroxylation is 2. The van der Waals surface area contributed by atoms with E-state index in [1.807, 2.05) is 30.3 Å². The van der Waals surface area contributed by atoms with Gasteiger partial charge in [0.15, 0.2) is 0 Å². The molecule has 0 bridgehead atoms. The Morgan fingerprint density at radius 3 is 2.34 bits per heavy atom. The van der Waals surface area contributed by atoms with Gasteiger partial charge in [-0.1, -0.05) is 69.0 Å². The highest BCUT2D eigenvalue weighted by Crippen LogP contribution is 2.38. The third-order valence-corrected chi connectivity index (χ3v) is 9.95. The first-order valence-corrected chi connectivity index (χ1v) is 16.9. The average Bonchev–Trinajstić information content (AvgIpc) is 3.60. The van der Waals surface area contributed by atoms with Crippen LogP contribution in [0, 0.1) is 5.92 Å². The fraction of sp³-hybridized carbons (Fsp3) is 0.359. The van der Waals surface area contributed by atoms with Crippen LogP contribution in [-0.2, 0) is 32.2 Å². The SMILES string of the molecule is CCCCCC1CCc2c(c3cccc(C(=O)O)c3n2Cc2cccc(C(N)=O)c2)C1.O=C(O)c1cccc2c3c([nH]c12)CCCC3. The predicted octanol–water partition coefficient (Wildman–Crippen LogP) is 7.92. The first-order chi connectivity index (χ1) is 22.8. The van der Waals surface area contributed by atoms with Crippen molar-refractivity contribution < 1.29 is 24.6 Å². The minimum absolute atomic E-state index is 0.334. The van der Waals surface area contributed by atoms with Gasteiger partial charge in [0, 0.05) is 34.3 Å². The highest BCUT2D eigenvalue weighted by molar-refractivity contribution is 6.04. The molecular weight excluding hydrogens is 590 g/mol. The summed E-state index contributed by atoms with van der Waals surface area (Å²) < 4.78 is 2.16.